The Morgan fingerprint density at radius 3 is 2.00 bits per heavy atom. The lowest BCUT2D eigenvalue weighted by atomic mass is 9.82. The van der Waals surface area contributed by atoms with Crippen molar-refractivity contribution in [2.45, 2.75) is 25.8 Å². The number of hydrogen-bond donors (Lipinski definition) is 0. The fourth-order valence-electron chi connectivity index (χ4n) is 5.63. The number of piperazine rings is 1. The van der Waals surface area contributed by atoms with Gasteiger partial charge in [-0.3, -0.25) is 24.3 Å². The van der Waals surface area contributed by atoms with Gasteiger partial charge < -0.3 is 0 Å². The van der Waals surface area contributed by atoms with Gasteiger partial charge in [-0.15, -0.1) is 0 Å². The molecule has 0 spiro atoms. The Balaban J connectivity index is 1.16. The minimum absolute atomic E-state index is 0.0387. The van der Waals surface area contributed by atoms with Crippen molar-refractivity contribution in [3.63, 3.8) is 0 Å². The molecule has 180 valence electrons. The van der Waals surface area contributed by atoms with Gasteiger partial charge in [-0.25, -0.2) is 0 Å². The molecule has 0 unspecified atom stereocenters. The average molecular weight is 468 g/mol. The molecule has 2 atom stereocenters. The van der Waals surface area contributed by atoms with Crippen molar-refractivity contribution in [1.29, 1.82) is 0 Å². The second kappa shape index (κ2) is 10.6. The van der Waals surface area contributed by atoms with Crippen molar-refractivity contribution >= 4 is 11.8 Å². The Morgan fingerprint density at radius 2 is 1.37 bits per heavy atom. The molecule has 0 N–H and O–H groups in total. The van der Waals surface area contributed by atoms with E-state index in [1.54, 1.807) is 0 Å². The van der Waals surface area contributed by atoms with Crippen LogP contribution in [0.25, 0.3) is 0 Å². The number of hydrogen-bond acceptors (Lipinski definition) is 4. The third kappa shape index (κ3) is 5.10. The Kier molecular flexibility index (Phi) is 7.13. The maximum atomic E-state index is 12.7. The summed E-state index contributed by atoms with van der Waals surface area (Å²) in [6, 6.07) is 21.7. The summed E-state index contributed by atoms with van der Waals surface area (Å²) >= 11 is 0. The number of benzene rings is 2. The van der Waals surface area contributed by atoms with E-state index < -0.39 is 0 Å². The van der Waals surface area contributed by atoms with Gasteiger partial charge in [0.25, 0.3) is 0 Å². The Labute approximate surface area is 208 Å². The van der Waals surface area contributed by atoms with Gasteiger partial charge in [-0.05, 0) is 30.9 Å². The van der Waals surface area contributed by atoms with Crippen LogP contribution in [0.15, 0.2) is 72.3 Å². The standard InChI is InChI=1S/C30H33N3O2/c1-23-14-15-26-27(22-23)30(35)33(29(26)34)17-9-8-16-31-18-20-32(21-19-31)28(24-10-4-2-5-11-24)25-12-6-3-7-13-25/h2-7,10-14,26-28H,15-22H2,1H3/t26-,27-/m1/s1. The molecule has 5 rings (SSSR count). The summed E-state index contributed by atoms with van der Waals surface area (Å²) in [5, 5.41) is 0. The quantitative estimate of drug-likeness (QED) is 0.382. The molecular weight excluding hydrogens is 434 g/mol. The molecule has 2 saturated heterocycles. The van der Waals surface area contributed by atoms with E-state index in [0.29, 0.717) is 19.4 Å². The summed E-state index contributed by atoms with van der Waals surface area (Å²) in [5.74, 6) is 5.89. The summed E-state index contributed by atoms with van der Waals surface area (Å²) < 4.78 is 0. The number of rotatable bonds is 5. The minimum Gasteiger partial charge on any atom is -0.290 e. The molecule has 2 aliphatic heterocycles. The van der Waals surface area contributed by atoms with Crippen molar-refractivity contribution < 1.29 is 9.59 Å². The van der Waals surface area contributed by atoms with Gasteiger partial charge >= 0.3 is 0 Å². The van der Waals surface area contributed by atoms with Gasteiger partial charge in [-0.1, -0.05) is 84.2 Å². The van der Waals surface area contributed by atoms with E-state index in [9.17, 15) is 9.59 Å². The highest BCUT2D eigenvalue weighted by molar-refractivity contribution is 6.05. The summed E-state index contributed by atoms with van der Waals surface area (Å²) in [6.07, 6.45) is 3.49. The molecule has 2 amide bonds. The van der Waals surface area contributed by atoms with Crippen molar-refractivity contribution in [3.05, 3.63) is 83.4 Å². The smallest absolute Gasteiger partial charge is 0.234 e. The highest BCUT2D eigenvalue weighted by Gasteiger charge is 2.47. The van der Waals surface area contributed by atoms with Crippen LogP contribution in [0.4, 0.5) is 0 Å². The Hall–Kier alpha value is -3.20. The summed E-state index contributed by atoms with van der Waals surface area (Å²) in [4.78, 5) is 31.7. The Bertz CT molecular complexity index is 1100. The van der Waals surface area contributed by atoms with Gasteiger partial charge in [0.1, 0.15) is 0 Å². The first-order valence-electron chi connectivity index (χ1n) is 12.6. The van der Waals surface area contributed by atoms with Crippen LogP contribution in [0, 0.1) is 23.7 Å². The largest absolute Gasteiger partial charge is 0.290 e. The van der Waals surface area contributed by atoms with Crippen LogP contribution in [-0.2, 0) is 9.59 Å². The van der Waals surface area contributed by atoms with Gasteiger partial charge in [0.05, 0.1) is 31.0 Å². The van der Waals surface area contributed by atoms with Crippen molar-refractivity contribution in [3.8, 4) is 11.8 Å². The van der Waals surface area contributed by atoms with Gasteiger partial charge in [-0.2, -0.15) is 0 Å². The summed E-state index contributed by atoms with van der Waals surface area (Å²) in [7, 11) is 0. The molecule has 0 saturated carbocycles. The van der Waals surface area contributed by atoms with Crippen molar-refractivity contribution in [1.82, 2.24) is 14.7 Å². The first-order chi connectivity index (χ1) is 17.1. The molecule has 5 heteroatoms. The molecule has 0 radical (unpaired) electrons. The lowest BCUT2D eigenvalue weighted by molar-refractivity contribution is -0.139. The number of fused-ring (bicyclic) bond motifs is 1. The van der Waals surface area contributed by atoms with Crippen LogP contribution in [0.5, 0.6) is 0 Å². The van der Waals surface area contributed by atoms with Crippen LogP contribution in [0.2, 0.25) is 0 Å². The number of amides is 2. The highest BCUT2D eigenvalue weighted by Crippen LogP contribution is 2.37. The van der Waals surface area contributed by atoms with E-state index >= 15 is 0 Å². The monoisotopic (exact) mass is 467 g/mol. The van der Waals surface area contributed by atoms with E-state index in [-0.39, 0.29) is 36.2 Å². The fourth-order valence-corrected chi connectivity index (χ4v) is 5.63. The number of allylic oxidation sites excluding steroid dienone is 2. The number of likely N-dealkylation sites (tertiary alicyclic amines) is 1. The molecule has 2 aromatic rings. The normalized spacial score (nSPS) is 23.1. The van der Waals surface area contributed by atoms with Crippen molar-refractivity contribution in [2.75, 3.05) is 39.3 Å². The van der Waals surface area contributed by atoms with Gasteiger partial charge in [0.2, 0.25) is 11.8 Å². The topological polar surface area (TPSA) is 43.9 Å². The third-order valence-corrected chi connectivity index (χ3v) is 7.58. The van der Waals surface area contributed by atoms with E-state index in [2.05, 4.69) is 88.4 Å². The number of imide groups is 1. The lowest BCUT2D eigenvalue weighted by Gasteiger charge is -2.39. The maximum Gasteiger partial charge on any atom is 0.234 e. The average Bonchev–Trinajstić information content (AvgIpc) is 3.13. The molecule has 5 nitrogen and oxygen atoms in total. The van der Waals surface area contributed by atoms with E-state index in [4.69, 9.17) is 0 Å². The molecular formula is C30H33N3O2. The zero-order chi connectivity index (χ0) is 24.2. The second-order valence-electron chi connectivity index (χ2n) is 9.86. The third-order valence-electron chi connectivity index (χ3n) is 7.58. The van der Waals surface area contributed by atoms with E-state index in [1.807, 2.05) is 6.92 Å². The van der Waals surface area contributed by atoms with E-state index in [1.165, 1.54) is 21.6 Å². The molecule has 2 aromatic carbocycles. The summed E-state index contributed by atoms with van der Waals surface area (Å²) in [5.41, 5.74) is 3.84. The first kappa shape index (κ1) is 23.5. The molecule has 2 heterocycles. The molecule has 2 fully saturated rings. The number of carbonyl (C=O) groups excluding carboxylic acids is 2. The fraction of sp³-hybridized carbons (Fsp3) is 0.400. The second-order valence-corrected chi connectivity index (χ2v) is 9.86. The number of nitrogens with zero attached hydrogens (tertiary/aromatic N) is 3. The predicted octanol–water partition coefficient (Wildman–Crippen LogP) is 3.74. The molecule has 1 aliphatic carbocycles. The predicted molar refractivity (Wildman–Crippen MR) is 137 cm³/mol. The van der Waals surface area contributed by atoms with Crippen LogP contribution in [0.3, 0.4) is 0 Å². The Morgan fingerprint density at radius 1 is 0.800 bits per heavy atom. The van der Waals surface area contributed by atoms with Gasteiger partial charge in [0.15, 0.2) is 0 Å². The van der Waals surface area contributed by atoms with Crippen LogP contribution < -0.4 is 0 Å². The zero-order valence-electron chi connectivity index (χ0n) is 20.4. The molecule has 3 aliphatic rings. The minimum atomic E-state index is -0.178. The molecule has 0 bridgehead atoms. The van der Waals surface area contributed by atoms with Crippen LogP contribution in [0.1, 0.15) is 36.9 Å². The SMILES string of the molecule is CC1=CC[C@H]2C(=O)N(CC#CCN3CCN(C(c4ccccc4)c4ccccc4)CC3)C(=O)[C@@H]2C1. The van der Waals surface area contributed by atoms with Crippen LogP contribution >= 0.6 is 0 Å². The number of carbonyl (C=O) groups is 2. The highest BCUT2D eigenvalue weighted by atomic mass is 16.2. The summed E-state index contributed by atoms with van der Waals surface area (Å²) in [6.45, 7) is 6.75. The molecule has 0 aromatic heterocycles. The van der Waals surface area contributed by atoms with E-state index in [0.717, 1.165) is 26.2 Å². The van der Waals surface area contributed by atoms with Gasteiger partial charge in [0, 0.05) is 26.2 Å². The first-order valence-corrected chi connectivity index (χ1v) is 12.6. The zero-order valence-corrected chi connectivity index (χ0v) is 20.4. The maximum absolute atomic E-state index is 12.7. The lowest BCUT2D eigenvalue weighted by Crippen LogP contribution is -2.47. The van der Waals surface area contributed by atoms with Crippen molar-refractivity contribution in [2.24, 2.45) is 11.8 Å². The van der Waals surface area contributed by atoms with Crippen LogP contribution in [-0.4, -0.2) is 65.8 Å². The molecule has 35 heavy (non-hydrogen) atoms.